The maximum atomic E-state index is 12.9. The van der Waals surface area contributed by atoms with Gasteiger partial charge in [-0.2, -0.15) is 20.5 Å². The molecule has 4 aromatic carbocycles. The van der Waals surface area contributed by atoms with Crippen molar-refractivity contribution in [2.24, 2.45) is 20.5 Å². The highest BCUT2D eigenvalue weighted by molar-refractivity contribution is 6.40. The van der Waals surface area contributed by atoms with Crippen molar-refractivity contribution in [3.63, 3.8) is 0 Å². The Balaban J connectivity index is 1.55. The summed E-state index contributed by atoms with van der Waals surface area (Å²) in [4.78, 5) is 50.5. The minimum Gasteiger partial charge on any atom is -0.324 e. The maximum absolute atomic E-state index is 12.9. The van der Waals surface area contributed by atoms with E-state index in [1.807, 2.05) is 52.0 Å². The zero-order chi connectivity index (χ0) is 36.9. The summed E-state index contributed by atoms with van der Waals surface area (Å²) in [6.07, 6.45) is 0. The van der Waals surface area contributed by atoms with Crippen LogP contribution in [0.25, 0.3) is 11.1 Å². The summed E-state index contributed by atoms with van der Waals surface area (Å²) in [5, 5.41) is 22.0. The molecule has 0 saturated heterocycles. The lowest BCUT2D eigenvalue weighted by Crippen LogP contribution is -2.32. The van der Waals surface area contributed by atoms with Gasteiger partial charge in [0.25, 0.3) is 11.8 Å². The number of anilines is 2. The van der Waals surface area contributed by atoms with Crippen LogP contribution in [0.2, 0.25) is 20.1 Å². The second-order valence-electron chi connectivity index (χ2n) is 11.6. The van der Waals surface area contributed by atoms with Crippen molar-refractivity contribution in [2.75, 3.05) is 10.6 Å². The van der Waals surface area contributed by atoms with Gasteiger partial charge in [0, 0.05) is 22.5 Å². The molecule has 2 N–H and O–H groups in total. The molecule has 0 bridgehead atoms. The molecule has 0 fully saturated rings. The van der Waals surface area contributed by atoms with Crippen molar-refractivity contribution < 1.29 is 19.2 Å². The third kappa shape index (κ3) is 9.39. The fourth-order valence-corrected chi connectivity index (χ4v) is 5.75. The topological polar surface area (TPSA) is 142 Å². The molecule has 0 saturated carbocycles. The first-order valence-corrected chi connectivity index (χ1v) is 16.6. The highest BCUT2D eigenvalue weighted by Crippen LogP contribution is 2.43. The van der Waals surface area contributed by atoms with E-state index in [9.17, 15) is 19.2 Å². The lowest BCUT2D eigenvalue weighted by atomic mass is 10.0. The molecule has 0 aliphatic carbocycles. The van der Waals surface area contributed by atoms with Crippen LogP contribution in [0.1, 0.15) is 36.1 Å². The Kier molecular flexibility index (Phi) is 12.6. The number of benzene rings is 4. The van der Waals surface area contributed by atoms with Crippen LogP contribution in [0, 0.1) is 27.7 Å². The molecule has 0 unspecified atom stereocenters. The minimum atomic E-state index is -1.43. The minimum absolute atomic E-state index is 0.0975. The number of rotatable bonds is 11. The fraction of sp³-hybridized carbons (Fsp3) is 0.222. The Morgan fingerprint density at radius 3 is 1.22 bits per heavy atom. The van der Waals surface area contributed by atoms with E-state index in [0.29, 0.717) is 22.5 Å². The number of ketones is 2. The normalized spacial score (nSPS) is 12.6. The van der Waals surface area contributed by atoms with Gasteiger partial charge in [-0.3, -0.25) is 19.2 Å². The third-order valence-corrected chi connectivity index (χ3v) is 8.70. The Morgan fingerprint density at radius 2 is 0.900 bits per heavy atom. The number of hydrogen-bond acceptors (Lipinski definition) is 8. The number of hydrogen-bond donors (Lipinski definition) is 2. The summed E-state index contributed by atoms with van der Waals surface area (Å²) in [5.74, 6) is -2.35. The van der Waals surface area contributed by atoms with Gasteiger partial charge < -0.3 is 10.6 Å². The summed E-state index contributed by atoms with van der Waals surface area (Å²) in [7, 11) is 0. The molecule has 0 aliphatic heterocycles. The largest absolute Gasteiger partial charge is 0.324 e. The molecule has 14 heteroatoms. The summed E-state index contributed by atoms with van der Waals surface area (Å²) in [6.45, 7) is 10.0. The second kappa shape index (κ2) is 16.5. The predicted molar refractivity (Wildman–Crippen MR) is 199 cm³/mol. The van der Waals surface area contributed by atoms with Crippen LogP contribution in [-0.4, -0.2) is 35.5 Å². The molecule has 258 valence electrons. The van der Waals surface area contributed by atoms with Crippen LogP contribution in [0.5, 0.6) is 0 Å². The molecular formula is C36H32Cl4N6O4. The molecule has 0 aliphatic rings. The number of amides is 2. The maximum Gasteiger partial charge on any atom is 0.258 e. The molecule has 0 aromatic heterocycles. The Hall–Kier alpha value is -4.48. The first kappa shape index (κ1) is 38.3. The van der Waals surface area contributed by atoms with E-state index < -0.39 is 35.5 Å². The van der Waals surface area contributed by atoms with Crippen LogP contribution < -0.4 is 10.6 Å². The van der Waals surface area contributed by atoms with Gasteiger partial charge in [0.05, 0.1) is 20.1 Å². The van der Waals surface area contributed by atoms with Crippen molar-refractivity contribution in [2.45, 2.75) is 53.6 Å². The summed E-state index contributed by atoms with van der Waals surface area (Å²) in [5.41, 5.74) is 5.78. The smallest absolute Gasteiger partial charge is 0.258 e. The van der Waals surface area contributed by atoms with Gasteiger partial charge in [-0.25, -0.2) is 0 Å². The predicted octanol–water partition coefficient (Wildman–Crippen LogP) is 10.6. The number of nitrogens with one attached hydrogen (secondary N) is 2. The molecule has 0 heterocycles. The van der Waals surface area contributed by atoms with Crippen molar-refractivity contribution >= 4 is 92.5 Å². The lowest BCUT2D eigenvalue weighted by Gasteiger charge is -2.13. The van der Waals surface area contributed by atoms with Crippen molar-refractivity contribution in [1.29, 1.82) is 0 Å². The molecule has 2 atom stereocenters. The third-order valence-electron chi connectivity index (χ3n) is 7.47. The molecule has 50 heavy (non-hydrogen) atoms. The SMILES string of the molecule is CC(=O)[C@H](N=Nc1cc(Cl)c(-c2cc(Cl)c(N=N[C@@H](C(C)=O)C(=O)Nc3ccc(C)cc3C)cc2Cl)cc1Cl)C(=O)Nc1ccc(C)cc1C. The van der Waals surface area contributed by atoms with E-state index in [4.69, 9.17) is 46.4 Å². The van der Waals surface area contributed by atoms with Crippen LogP contribution >= 0.6 is 46.4 Å². The van der Waals surface area contributed by atoms with Gasteiger partial charge in [0.2, 0.25) is 12.1 Å². The van der Waals surface area contributed by atoms with Crippen LogP contribution in [0.3, 0.4) is 0 Å². The number of halogens is 4. The summed E-state index contributed by atoms with van der Waals surface area (Å²) >= 11 is 26.3. The lowest BCUT2D eigenvalue weighted by molar-refractivity contribution is -0.127. The second-order valence-corrected chi connectivity index (χ2v) is 13.3. The van der Waals surface area contributed by atoms with Gasteiger partial charge >= 0.3 is 0 Å². The van der Waals surface area contributed by atoms with E-state index in [0.717, 1.165) is 22.3 Å². The van der Waals surface area contributed by atoms with Gasteiger partial charge in [0.15, 0.2) is 11.6 Å². The molecule has 10 nitrogen and oxygen atoms in total. The monoisotopic (exact) mass is 752 g/mol. The number of aryl methyl sites for hydroxylation is 4. The van der Waals surface area contributed by atoms with Crippen molar-refractivity contribution in [3.05, 3.63) is 103 Å². The van der Waals surface area contributed by atoms with E-state index in [-0.39, 0.29) is 31.5 Å². The molecule has 0 radical (unpaired) electrons. The van der Waals surface area contributed by atoms with Crippen LogP contribution in [-0.2, 0) is 19.2 Å². The Bertz CT molecular complexity index is 1940. The number of carbonyl (C=O) groups is 4. The summed E-state index contributed by atoms with van der Waals surface area (Å²) < 4.78 is 0. The average Bonchev–Trinajstić information content (AvgIpc) is 3.02. The average molecular weight is 755 g/mol. The Morgan fingerprint density at radius 1 is 0.540 bits per heavy atom. The quantitative estimate of drug-likeness (QED) is 0.116. The van der Waals surface area contributed by atoms with Crippen LogP contribution in [0.4, 0.5) is 22.7 Å². The molecule has 2 amide bonds. The molecule has 0 spiro atoms. The van der Waals surface area contributed by atoms with Gasteiger partial charge in [-0.1, -0.05) is 81.8 Å². The first-order chi connectivity index (χ1) is 23.5. The number of nitrogens with zero attached hydrogens (tertiary/aromatic N) is 4. The number of Topliss-reactive ketones (excluding diaryl/α,β-unsaturated/α-hetero) is 2. The molecular weight excluding hydrogens is 722 g/mol. The van der Waals surface area contributed by atoms with E-state index >= 15 is 0 Å². The Labute approximate surface area is 309 Å². The number of carbonyl (C=O) groups excluding carboxylic acids is 4. The van der Waals surface area contributed by atoms with Gasteiger partial charge in [-0.05, 0) is 89.1 Å². The highest BCUT2D eigenvalue weighted by Gasteiger charge is 2.25. The van der Waals surface area contributed by atoms with E-state index in [2.05, 4.69) is 31.1 Å². The first-order valence-electron chi connectivity index (χ1n) is 15.1. The van der Waals surface area contributed by atoms with E-state index in [1.165, 1.54) is 38.1 Å². The molecule has 4 aromatic rings. The highest BCUT2D eigenvalue weighted by atomic mass is 35.5. The number of azo groups is 2. The van der Waals surface area contributed by atoms with E-state index in [1.54, 1.807) is 12.1 Å². The standard InChI is InChI=1S/C36H32Cl4N6O4/c1-17-7-9-29(19(3)11-17)41-35(49)33(21(5)47)45-43-31-15-25(37)23(13-27(31)39)24-14-28(40)32(16-26(24)38)44-46-34(22(6)48)36(50)42-30-10-8-18(2)12-20(30)4/h7-16,33-34H,1-6H3,(H,41,49)(H,42,50)/t33-,34-/m0/s1. The van der Waals surface area contributed by atoms with Crippen molar-refractivity contribution in [1.82, 2.24) is 0 Å². The fourth-order valence-electron chi connectivity index (χ4n) is 4.83. The van der Waals surface area contributed by atoms with Gasteiger partial charge in [0.1, 0.15) is 11.4 Å². The summed E-state index contributed by atoms with van der Waals surface area (Å²) in [6, 6.07) is 13.9. The van der Waals surface area contributed by atoms with Crippen molar-refractivity contribution in [3.8, 4) is 11.1 Å². The zero-order valence-electron chi connectivity index (χ0n) is 27.9. The molecule has 4 rings (SSSR count). The zero-order valence-corrected chi connectivity index (χ0v) is 30.9. The van der Waals surface area contributed by atoms with Crippen LogP contribution in [0.15, 0.2) is 81.1 Å². The van der Waals surface area contributed by atoms with Gasteiger partial charge in [-0.15, -0.1) is 0 Å².